The number of benzene rings is 1. The van der Waals surface area contributed by atoms with Crippen molar-refractivity contribution in [2.45, 2.75) is 99.0 Å². The van der Waals surface area contributed by atoms with Crippen LogP contribution in [0.3, 0.4) is 0 Å². The van der Waals surface area contributed by atoms with Gasteiger partial charge in [-0.2, -0.15) is 0 Å². The Kier molecular flexibility index (Phi) is 5.92. The number of rotatable bonds is 2. The summed E-state index contributed by atoms with van der Waals surface area (Å²) in [7, 11) is 0. The maximum Gasteiger partial charge on any atom is 0.0594 e. The van der Waals surface area contributed by atoms with Crippen LogP contribution in [0.15, 0.2) is 47.1 Å². The molecular formula is C33H44O. The van der Waals surface area contributed by atoms with Crippen molar-refractivity contribution in [3.63, 3.8) is 0 Å². The molecule has 0 aliphatic heterocycles. The molecule has 1 heteroatoms. The smallest absolute Gasteiger partial charge is 0.0594 e. The van der Waals surface area contributed by atoms with Crippen molar-refractivity contribution in [3.8, 4) is 11.8 Å². The number of aliphatic hydroxyl groups excluding tert-OH is 1. The van der Waals surface area contributed by atoms with Crippen molar-refractivity contribution < 1.29 is 5.11 Å². The molecule has 0 saturated heterocycles. The third kappa shape index (κ3) is 3.55. The van der Waals surface area contributed by atoms with Gasteiger partial charge in [-0.1, -0.05) is 76.3 Å². The van der Waals surface area contributed by atoms with E-state index in [1.807, 2.05) is 0 Å². The van der Waals surface area contributed by atoms with Gasteiger partial charge in [0.1, 0.15) is 0 Å². The van der Waals surface area contributed by atoms with Crippen LogP contribution in [0.1, 0.15) is 97.1 Å². The Hall–Kier alpha value is -1.78. The maximum absolute atomic E-state index is 10.8. The van der Waals surface area contributed by atoms with Crippen molar-refractivity contribution in [2.75, 3.05) is 0 Å². The van der Waals surface area contributed by atoms with Crippen LogP contribution in [0.25, 0.3) is 0 Å². The molecule has 1 aromatic rings. The monoisotopic (exact) mass is 456 g/mol. The van der Waals surface area contributed by atoms with Crippen LogP contribution in [0.5, 0.6) is 0 Å². The molecule has 5 rings (SSSR count). The number of fused-ring (bicyclic) bond motifs is 4. The Balaban J connectivity index is 1.37. The molecule has 1 N–H and O–H groups in total. The molecule has 0 spiro atoms. The number of allylic oxidation sites excluding steroid dienone is 4. The summed E-state index contributed by atoms with van der Waals surface area (Å²) in [5.74, 6) is 8.88. The third-order valence-corrected chi connectivity index (χ3v) is 10.9. The first-order valence-corrected chi connectivity index (χ1v) is 13.7. The number of aryl methyl sites for hydroxylation is 1. The molecule has 34 heavy (non-hydrogen) atoms. The normalized spacial score (nSPS) is 37.0. The minimum absolute atomic E-state index is 0.0170. The molecule has 1 aromatic carbocycles. The Labute approximate surface area is 208 Å². The fourth-order valence-corrected chi connectivity index (χ4v) is 8.74. The first-order valence-electron chi connectivity index (χ1n) is 13.7. The van der Waals surface area contributed by atoms with Crippen molar-refractivity contribution in [2.24, 2.45) is 34.0 Å². The van der Waals surface area contributed by atoms with Gasteiger partial charge in [-0.3, -0.25) is 0 Å². The molecular weight excluding hydrogens is 412 g/mol. The highest BCUT2D eigenvalue weighted by molar-refractivity contribution is 5.50. The molecule has 6 atom stereocenters. The van der Waals surface area contributed by atoms with Gasteiger partial charge in [-0.15, -0.1) is 0 Å². The van der Waals surface area contributed by atoms with Gasteiger partial charge in [-0.05, 0) is 109 Å². The molecule has 0 amide bonds. The van der Waals surface area contributed by atoms with Crippen LogP contribution in [0.2, 0.25) is 0 Å². The van der Waals surface area contributed by atoms with Gasteiger partial charge in [0.05, 0.1) is 6.10 Å². The number of hydrogen-bond donors (Lipinski definition) is 1. The average Bonchev–Trinajstić information content (AvgIpc) is 3.15. The van der Waals surface area contributed by atoms with E-state index >= 15 is 0 Å². The molecule has 182 valence electrons. The minimum Gasteiger partial charge on any atom is -0.393 e. The van der Waals surface area contributed by atoms with E-state index in [9.17, 15) is 5.11 Å². The maximum atomic E-state index is 10.8. The summed E-state index contributed by atoms with van der Waals surface area (Å²) in [6.45, 7) is 14.3. The average molecular weight is 457 g/mol. The zero-order chi connectivity index (χ0) is 24.3. The quantitative estimate of drug-likeness (QED) is 0.447. The zero-order valence-electron chi connectivity index (χ0n) is 22.3. The van der Waals surface area contributed by atoms with E-state index in [1.165, 1.54) is 43.2 Å². The summed E-state index contributed by atoms with van der Waals surface area (Å²) in [5.41, 5.74) is 8.21. The lowest BCUT2D eigenvalue weighted by Gasteiger charge is -2.59. The topological polar surface area (TPSA) is 20.2 Å². The summed E-state index contributed by atoms with van der Waals surface area (Å²) >= 11 is 0. The highest BCUT2D eigenvalue weighted by atomic mass is 16.3. The second-order valence-corrected chi connectivity index (χ2v) is 13.0. The third-order valence-electron chi connectivity index (χ3n) is 10.9. The van der Waals surface area contributed by atoms with Crippen molar-refractivity contribution in [3.05, 3.63) is 58.2 Å². The lowest BCUT2D eigenvalue weighted by atomic mass is 9.46. The Morgan fingerprint density at radius 3 is 2.56 bits per heavy atom. The van der Waals surface area contributed by atoms with Gasteiger partial charge in [0.15, 0.2) is 0 Å². The van der Waals surface area contributed by atoms with E-state index in [0.29, 0.717) is 23.2 Å². The molecule has 1 saturated carbocycles. The summed E-state index contributed by atoms with van der Waals surface area (Å²) in [6.07, 6.45) is 11.7. The lowest BCUT2D eigenvalue weighted by molar-refractivity contribution is -0.0905. The van der Waals surface area contributed by atoms with Crippen LogP contribution in [0.4, 0.5) is 0 Å². The van der Waals surface area contributed by atoms with E-state index in [1.54, 1.807) is 16.7 Å². The number of aliphatic hydroxyl groups is 1. The SMILES string of the molecule is Cc1ccccc1C#CC[C@@H](C)[C@H]1CC=C2C3=C(CC[C@@]21C)[C@@]1(C)CC[C@H](O)C(C)(C)[C@@H]1CC3. The predicted octanol–water partition coefficient (Wildman–Crippen LogP) is 8.01. The van der Waals surface area contributed by atoms with Gasteiger partial charge < -0.3 is 5.11 Å². The molecule has 1 nitrogen and oxygen atoms in total. The Bertz CT molecular complexity index is 1090. The van der Waals surface area contributed by atoms with Crippen LogP contribution < -0.4 is 0 Å². The van der Waals surface area contributed by atoms with Crippen molar-refractivity contribution >= 4 is 0 Å². The Morgan fingerprint density at radius 1 is 1.03 bits per heavy atom. The molecule has 1 fully saturated rings. The fourth-order valence-electron chi connectivity index (χ4n) is 8.74. The molecule has 4 aliphatic rings. The molecule has 0 heterocycles. The molecule has 0 aromatic heterocycles. The molecule has 4 aliphatic carbocycles. The lowest BCUT2D eigenvalue weighted by Crippen LogP contribution is -2.53. The second kappa shape index (κ2) is 8.41. The standard InChI is InChI=1S/C33H44O/c1-22-10-7-8-12-24(22)13-9-11-23(2)26-15-16-27-25-14-17-29-31(3,4)30(34)19-21-33(29,6)28(25)18-20-32(26,27)5/h7-8,10,12,16,23,26,29-30,34H,11,14-15,17-21H2,1-6H3/t23-,26-,29+,30+,32-,33-/m1/s1. The van der Waals surface area contributed by atoms with Gasteiger partial charge in [-0.25, -0.2) is 0 Å². The Morgan fingerprint density at radius 2 is 1.79 bits per heavy atom. The molecule has 0 radical (unpaired) electrons. The van der Waals surface area contributed by atoms with Crippen molar-refractivity contribution in [1.29, 1.82) is 0 Å². The largest absolute Gasteiger partial charge is 0.393 e. The van der Waals surface area contributed by atoms with E-state index in [2.05, 4.69) is 83.7 Å². The van der Waals surface area contributed by atoms with Crippen LogP contribution in [-0.4, -0.2) is 11.2 Å². The predicted molar refractivity (Wildman–Crippen MR) is 142 cm³/mol. The van der Waals surface area contributed by atoms with E-state index < -0.39 is 0 Å². The zero-order valence-corrected chi connectivity index (χ0v) is 22.3. The van der Waals surface area contributed by atoms with Crippen molar-refractivity contribution in [1.82, 2.24) is 0 Å². The summed E-state index contributed by atoms with van der Waals surface area (Å²) in [5, 5.41) is 10.8. The van der Waals surface area contributed by atoms with Gasteiger partial charge >= 0.3 is 0 Å². The van der Waals surface area contributed by atoms with Crippen LogP contribution in [0, 0.1) is 52.8 Å². The fraction of sp³-hybridized carbons (Fsp3) is 0.636. The van der Waals surface area contributed by atoms with Gasteiger partial charge in [0.25, 0.3) is 0 Å². The van der Waals surface area contributed by atoms with E-state index in [0.717, 1.165) is 19.3 Å². The van der Waals surface area contributed by atoms with Crippen LogP contribution >= 0.6 is 0 Å². The second-order valence-electron chi connectivity index (χ2n) is 13.0. The highest BCUT2D eigenvalue weighted by Gasteiger charge is 2.57. The summed E-state index contributed by atoms with van der Waals surface area (Å²) in [4.78, 5) is 0. The molecule has 0 bridgehead atoms. The first kappa shape index (κ1) is 23.9. The van der Waals surface area contributed by atoms with Gasteiger partial charge in [0, 0.05) is 12.0 Å². The van der Waals surface area contributed by atoms with Crippen LogP contribution in [-0.2, 0) is 0 Å². The van der Waals surface area contributed by atoms with Gasteiger partial charge in [0.2, 0.25) is 0 Å². The van der Waals surface area contributed by atoms with E-state index in [-0.39, 0.29) is 16.9 Å². The minimum atomic E-state index is -0.154. The number of hydrogen-bond acceptors (Lipinski definition) is 1. The highest BCUT2D eigenvalue weighted by Crippen LogP contribution is 2.66. The summed E-state index contributed by atoms with van der Waals surface area (Å²) in [6, 6.07) is 8.47. The first-order chi connectivity index (χ1) is 16.1. The summed E-state index contributed by atoms with van der Waals surface area (Å²) < 4.78 is 0. The van der Waals surface area contributed by atoms with E-state index in [4.69, 9.17) is 0 Å². The molecule has 0 unspecified atom stereocenters.